The molecule has 3 N–H and O–H groups in total. The van der Waals surface area contributed by atoms with Gasteiger partial charge in [-0.3, -0.25) is 4.79 Å². The highest BCUT2D eigenvalue weighted by atomic mass is 19.1. The second kappa shape index (κ2) is 5.52. The molecule has 2 aromatic rings. The summed E-state index contributed by atoms with van der Waals surface area (Å²) in [7, 11) is 0. The van der Waals surface area contributed by atoms with Crippen LogP contribution in [0.4, 0.5) is 15.8 Å². The molecule has 0 aliphatic heterocycles. The van der Waals surface area contributed by atoms with Crippen LogP contribution in [0.1, 0.15) is 11.1 Å². The number of halogens is 1. The highest BCUT2D eigenvalue weighted by molar-refractivity contribution is 5.93. The normalized spacial score (nSPS) is 10.2. The number of benzene rings is 2. The molecule has 19 heavy (non-hydrogen) atoms. The quantitative estimate of drug-likeness (QED) is 0.832. The number of nitrogens with two attached hydrogens (primary N) is 1. The van der Waals surface area contributed by atoms with Gasteiger partial charge in [-0.1, -0.05) is 24.3 Å². The molecular formula is C15H15FN2O. The van der Waals surface area contributed by atoms with Gasteiger partial charge in [-0.25, -0.2) is 4.39 Å². The molecule has 3 nitrogen and oxygen atoms in total. The lowest BCUT2D eigenvalue weighted by Gasteiger charge is -2.08. The molecule has 4 heteroatoms. The van der Waals surface area contributed by atoms with Crippen LogP contribution in [0.3, 0.4) is 0 Å². The highest BCUT2D eigenvalue weighted by Crippen LogP contribution is 2.17. The van der Waals surface area contributed by atoms with Crippen molar-refractivity contribution in [2.75, 3.05) is 11.1 Å². The van der Waals surface area contributed by atoms with Gasteiger partial charge in [-0.2, -0.15) is 0 Å². The third-order valence-electron chi connectivity index (χ3n) is 2.80. The highest BCUT2D eigenvalue weighted by Gasteiger charge is 2.09. The lowest BCUT2D eigenvalue weighted by molar-refractivity contribution is -0.115. The molecule has 0 atom stereocenters. The molecule has 0 radical (unpaired) electrons. The van der Waals surface area contributed by atoms with Gasteiger partial charge in [0.05, 0.1) is 12.1 Å². The van der Waals surface area contributed by atoms with E-state index < -0.39 is 5.82 Å². The second-order valence-corrected chi connectivity index (χ2v) is 4.41. The third kappa shape index (κ3) is 3.31. The minimum absolute atomic E-state index is 0.125. The van der Waals surface area contributed by atoms with Gasteiger partial charge in [0.25, 0.3) is 0 Å². The van der Waals surface area contributed by atoms with E-state index in [1.165, 1.54) is 6.07 Å². The summed E-state index contributed by atoms with van der Waals surface area (Å²) < 4.78 is 13.5. The second-order valence-electron chi connectivity index (χ2n) is 4.41. The Morgan fingerprint density at radius 2 is 2.00 bits per heavy atom. The zero-order valence-corrected chi connectivity index (χ0v) is 10.6. The Hall–Kier alpha value is -2.36. The largest absolute Gasteiger partial charge is 0.398 e. The molecule has 0 heterocycles. The summed E-state index contributed by atoms with van der Waals surface area (Å²) in [6, 6.07) is 11.7. The van der Waals surface area contributed by atoms with Gasteiger partial charge in [0, 0.05) is 5.69 Å². The lowest BCUT2D eigenvalue weighted by Crippen LogP contribution is -2.16. The van der Waals surface area contributed by atoms with Gasteiger partial charge in [0.2, 0.25) is 5.91 Å². The van der Waals surface area contributed by atoms with Crippen molar-refractivity contribution in [2.45, 2.75) is 13.3 Å². The fourth-order valence-corrected chi connectivity index (χ4v) is 1.80. The average Bonchev–Trinajstić information content (AvgIpc) is 2.37. The maximum atomic E-state index is 13.5. The number of nitrogens with one attached hydrogen (secondary N) is 1. The first kappa shape index (κ1) is 13.1. The van der Waals surface area contributed by atoms with Crippen LogP contribution >= 0.6 is 0 Å². The maximum Gasteiger partial charge on any atom is 0.228 e. The number of carbonyl (C=O) groups is 1. The monoisotopic (exact) mass is 258 g/mol. The number of hydrogen-bond donors (Lipinski definition) is 2. The van der Waals surface area contributed by atoms with Crippen LogP contribution in [0.15, 0.2) is 42.5 Å². The standard InChI is InChI=1S/C15H15FN2O/c1-10-6-7-12(16)14(8-10)18-15(19)9-11-4-2-3-5-13(11)17/h2-8H,9,17H2,1H3,(H,18,19). The van der Waals surface area contributed by atoms with Gasteiger partial charge in [-0.05, 0) is 36.2 Å². The van der Waals surface area contributed by atoms with E-state index in [0.29, 0.717) is 5.69 Å². The van der Waals surface area contributed by atoms with E-state index in [9.17, 15) is 9.18 Å². The van der Waals surface area contributed by atoms with E-state index in [2.05, 4.69) is 5.32 Å². The van der Waals surface area contributed by atoms with Crippen LogP contribution in [0.5, 0.6) is 0 Å². The average molecular weight is 258 g/mol. The molecule has 1 amide bonds. The molecule has 2 aromatic carbocycles. The molecule has 98 valence electrons. The summed E-state index contributed by atoms with van der Waals surface area (Å²) in [6.07, 6.45) is 0.125. The molecule has 0 fully saturated rings. The Labute approximate surface area is 111 Å². The van der Waals surface area contributed by atoms with E-state index in [1.54, 1.807) is 30.3 Å². The van der Waals surface area contributed by atoms with E-state index in [-0.39, 0.29) is 18.0 Å². The van der Waals surface area contributed by atoms with Crippen molar-refractivity contribution in [3.63, 3.8) is 0 Å². The predicted molar refractivity (Wildman–Crippen MR) is 74.3 cm³/mol. The molecule has 0 aliphatic rings. The molecule has 0 saturated carbocycles. The Morgan fingerprint density at radius 1 is 1.26 bits per heavy atom. The van der Waals surface area contributed by atoms with Crippen LogP contribution < -0.4 is 11.1 Å². The zero-order chi connectivity index (χ0) is 13.8. The fourth-order valence-electron chi connectivity index (χ4n) is 1.80. The molecule has 0 unspecified atom stereocenters. The van der Waals surface area contributed by atoms with Crippen molar-refractivity contribution >= 4 is 17.3 Å². The molecule has 0 saturated heterocycles. The van der Waals surface area contributed by atoms with Gasteiger partial charge < -0.3 is 11.1 Å². The number of hydrogen-bond acceptors (Lipinski definition) is 2. The van der Waals surface area contributed by atoms with Gasteiger partial charge in [0.15, 0.2) is 0 Å². The smallest absolute Gasteiger partial charge is 0.228 e. The minimum Gasteiger partial charge on any atom is -0.398 e. The van der Waals surface area contributed by atoms with Crippen molar-refractivity contribution < 1.29 is 9.18 Å². The fraction of sp³-hybridized carbons (Fsp3) is 0.133. The van der Waals surface area contributed by atoms with E-state index in [0.717, 1.165) is 11.1 Å². The SMILES string of the molecule is Cc1ccc(F)c(NC(=O)Cc2ccccc2N)c1. The first-order valence-electron chi connectivity index (χ1n) is 5.95. The van der Waals surface area contributed by atoms with Crippen molar-refractivity contribution in [1.82, 2.24) is 0 Å². The van der Waals surface area contributed by atoms with Crippen LogP contribution in [0.25, 0.3) is 0 Å². The van der Waals surface area contributed by atoms with Crippen LogP contribution in [0, 0.1) is 12.7 Å². The van der Waals surface area contributed by atoms with Gasteiger partial charge in [0.1, 0.15) is 5.82 Å². The zero-order valence-electron chi connectivity index (χ0n) is 10.6. The van der Waals surface area contributed by atoms with Gasteiger partial charge >= 0.3 is 0 Å². The van der Waals surface area contributed by atoms with Crippen LogP contribution in [0.2, 0.25) is 0 Å². The minimum atomic E-state index is -0.444. The summed E-state index contributed by atoms with van der Waals surface area (Å²) in [6.45, 7) is 1.84. The summed E-state index contributed by atoms with van der Waals surface area (Å²) in [4.78, 5) is 11.9. The number of rotatable bonds is 3. The van der Waals surface area contributed by atoms with Gasteiger partial charge in [-0.15, -0.1) is 0 Å². The van der Waals surface area contributed by atoms with Crippen molar-refractivity contribution in [3.8, 4) is 0 Å². The number of amides is 1. The summed E-state index contributed by atoms with van der Waals surface area (Å²) in [5.41, 5.74) is 8.13. The van der Waals surface area contributed by atoms with Crippen LogP contribution in [-0.4, -0.2) is 5.91 Å². The Bertz CT molecular complexity index is 611. The molecule has 0 aromatic heterocycles. The molecular weight excluding hydrogens is 243 g/mol. The number of aryl methyl sites for hydroxylation is 1. The number of carbonyl (C=O) groups excluding carboxylic acids is 1. The summed E-state index contributed by atoms with van der Waals surface area (Å²) in [5.74, 6) is -0.734. The Kier molecular flexibility index (Phi) is 3.80. The Morgan fingerprint density at radius 3 is 2.74 bits per heavy atom. The molecule has 0 aliphatic carbocycles. The third-order valence-corrected chi connectivity index (χ3v) is 2.80. The maximum absolute atomic E-state index is 13.5. The van der Waals surface area contributed by atoms with E-state index in [4.69, 9.17) is 5.73 Å². The van der Waals surface area contributed by atoms with E-state index >= 15 is 0 Å². The summed E-state index contributed by atoms with van der Waals surface area (Å²) in [5, 5.41) is 2.56. The van der Waals surface area contributed by atoms with Crippen LogP contribution in [-0.2, 0) is 11.2 Å². The van der Waals surface area contributed by atoms with Crippen molar-refractivity contribution in [1.29, 1.82) is 0 Å². The molecule has 0 spiro atoms. The summed E-state index contributed by atoms with van der Waals surface area (Å²) >= 11 is 0. The molecule has 2 rings (SSSR count). The number of nitrogen functional groups attached to an aromatic ring is 1. The molecule has 0 bridgehead atoms. The number of anilines is 2. The Balaban J connectivity index is 2.10. The predicted octanol–water partition coefficient (Wildman–Crippen LogP) is 2.90. The first-order chi connectivity index (χ1) is 9.06. The number of para-hydroxylation sites is 1. The topological polar surface area (TPSA) is 55.1 Å². The van der Waals surface area contributed by atoms with Crippen molar-refractivity contribution in [3.05, 3.63) is 59.4 Å². The first-order valence-corrected chi connectivity index (χ1v) is 5.95. The lowest BCUT2D eigenvalue weighted by atomic mass is 10.1. The van der Waals surface area contributed by atoms with E-state index in [1.807, 2.05) is 13.0 Å². The van der Waals surface area contributed by atoms with Crippen molar-refractivity contribution in [2.24, 2.45) is 0 Å².